The van der Waals surface area contributed by atoms with Gasteiger partial charge in [0.2, 0.25) is 0 Å². The van der Waals surface area contributed by atoms with Gasteiger partial charge in [0, 0.05) is 26.2 Å². The van der Waals surface area contributed by atoms with Crippen molar-refractivity contribution in [2.75, 3.05) is 32.8 Å². The van der Waals surface area contributed by atoms with Crippen molar-refractivity contribution >= 4 is 24.8 Å². The van der Waals surface area contributed by atoms with Crippen LogP contribution in [-0.2, 0) is 6.54 Å². The van der Waals surface area contributed by atoms with E-state index in [1.165, 1.54) is 5.56 Å². The fourth-order valence-electron chi connectivity index (χ4n) is 1.44. The van der Waals surface area contributed by atoms with E-state index in [4.69, 9.17) is 16.3 Å². The largest absolute Gasteiger partial charge is 0.481 e. The molecular formula is C14H22Cl2N2O2. The van der Waals surface area contributed by atoms with Crippen molar-refractivity contribution in [1.82, 2.24) is 10.6 Å². The summed E-state index contributed by atoms with van der Waals surface area (Å²) in [6.45, 7) is 3.66. The third-order valence-corrected chi connectivity index (χ3v) is 2.34. The lowest BCUT2D eigenvalue weighted by Crippen LogP contribution is -2.28. The molecule has 0 aliphatic carbocycles. The number of hydrogen-bond donors (Lipinski definition) is 3. The molecule has 3 N–H and O–H groups in total. The van der Waals surface area contributed by atoms with E-state index in [0.717, 1.165) is 25.4 Å². The second kappa shape index (κ2) is 14.4. The van der Waals surface area contributed by atoms with Gasteiger partial charge < -0.3 is 20.5 Å². The van der Waals surface area contributed by atoms with E-state index in [1.807, 2.05) is 24.3 Å². The number of terminal acetylenes is 1. The molecule has 0 spiro atoms. The highest BCUT2D eigenvalue weighted by Crippen LogP contribution is 2.11. The van der Waals surface area contributed by atoms with Crippen molar-refractivity contribution in [3.8, 4) is 18.1 Å². The van der Waals surface area contributed by atoms with Crippen molar-refractivity contribution in [3.05, 3.63) is 29.8 Å². The quantitative estimate of drug-likeness (QED) is 0.473. The van der Waals surface area contributed by atoms with E-state index < -0.39 is 0 Å². The first-order valence-electron chi connectivity index (χ1n) is 6.04. The first-order valence-corrected chi connectivity index (χ1v) is 6.04. The summed E-state index contributed by atoms with van der Waals surface area (Å²) >= 11 is 0. The van der Waals surface area contributed by atoms with Crippen molar-refractivity contribution in [2.24, 2.45) is 0 Å². The zero-order chi connectivity index (χ0) is 13.1. The fourth-order valence-corrected chi connectivity index (χ4v) is 1.44. The number of rotatable bonds is 9. The predicted molar refractivity (Wildman–Crippen MR) is 86.9 cm³/mol. The van der Waals surface area contributed by atoms with Gasteiger partial charge in [-0.25, -0.2) is 0 Å². The molecule has 114 valence electrons. The lowest BCUT2D eigenvalue weighted by Gasteiger charge is -2.07. The van der Waals surface area contributed by atoms with E-state index in [0.29, 0.717) is 13.2 Å². The zero-order valence-corrected chi connectivity index (χ0v) is 12.9. The van der Waals surface area contributed by atoms with Crippen LogP contribution in [0.15, 0.2) is 24.3 Å². The fraction of sp³-hybridized carbons (Fsp3) is 0.429. The smallest absolute Gasteiger partial charge is 0.148 e. The average molecular weight is 321 g/mol. The molecule has 20 heavy (non-hydrogen) atoms. The Morgan fingerprint density at radius 3 is 2.30 bits per heavy atom. The summed E-state index contributed by atoms with van der Waals surface area (Å²) in [5.41, 5.74) is 1.20. The Hall–Kier alpha value is -0.960. The molecule has 4 nitrogen and oxygen atoms in total. The highest BCUT2D eigenvalue weighted by atomic mass is 35.5. The lowest BCUT2D eigenvalue weighted by atomic mass is 10.2. The summed E-state index contributed by atoms with van der Waals surface area (Å²) in [5.74, 6) is 3.22. The van der Waals surface area contributed by atoms with Crippen LogP contribution in [0.5, 0.6) is 5.75 Å². The number of benzene rings is 1. The van der Waals surface area contributed by atoms with Gasteiger partial charge in [0.05, 0.1) is 6.61 Å². The second-order valence-corrected chi connectivity index (χ2v) is 3.79. The maximum absolute atomic E-state index is 8.58. The van der Waals surface area contributed by atoms with Crippen molar-refractivity contribution in [1.29, 1.82) is 0 Å². The Kier molecular flexibility index (Phi) is 15.4. The molecule has 0 aromatic heterocycles. The van der Waals surface area contributed by atoms with Crippen LogP contribution in [0.4, 0.5) is 0 Å². The summed E-state index contributed by atoms with van der Waals surface area (Å²) in [7, 11) is 0. The SMILES string of the molecule is C#CCOc1ccc(CNCCNCCO)cc1.Cl.Cl. The summed E-state index contributed by atoms with van der Waals surface area (Å²) < 4.78 is 5.29. The van der Waals surface area contributed by atoms with Gasteiger partial charge in [0.15, 0.2) is 0 Å². The van der Waals surface area contributed by atoms with Gasteiger partial charge in [0.25, 0.3) is 0 Å². The van der Waals surface area contributed by atoms with Gasteiger partial charge in [-0.3, -0.25) is 0 Å². The molecule has 1 aromatic rings. The summed E-state index contributed by atoms with van der Waals surface area (Å²) in [6, 6.07) is 7.86. The standard InChI is InChI=1S/C14H20N2O2.2ClH/c1-2-11-18-14-5-3-13(4-6-14)12-16-8-7-15-9-10-17;;/h1,3-6,15-17H,7-12H2;2*1H. The van der Waals surface area contributed by atoms with Crippen LogP contribution in [0.1, 0.15) is 5.56 Å². The van der Waals surface area contributed by atoms with Crippen molar-refractivity contribution < 1.29 is 9.84 Å². The van der Waals surface area contributed by atoms with Gasteiger partial charge in [-0.15, -0.1) is 31.2 Å². The van der Waals surface area contributed by atoms with Gasteiger partial charge in [-0.05, 0) is 17.7 Å². The molecule has 0 radical (unpaired) electrons. The van der Waals surface area contributed by atoms with Crippen LogP contribution in [-0.4, -0.2) is 38.0 Å². The van der Waals surface area contributed by atoms with Crippen LogP contribution in [0.3, 0.4) is 0 Å². The Bertz CT molecular complexity index is 366. The van der Waals surface area contributed by atoms with E-state index in [9.17, 15) is 0 Å². The number of aliphatic hydroxyl groups excluding tert-OH is 1. The highest BCUT2D eigenvalue weighted by Gasteiger charge is 1.95. The molecule has 0 heterocycles. The molecule has 0 amide bonds. The maximum Gasteiger partial charge on any atom is 0.148 e. The summed E-state index contributed by atoms with van der Waals surface area (Å²) in [5, 5.41) is 15.0. The van der Waals surface area contributed by atoms with E-state index in [2.05, 4.69) is 16.6 Å². The number of halogens is 2. The van der Waals surface area contributed by atoms with Crippen LogP contribution >= 0.6 is 24.8 Å². The number of nitrogens with one attached hydrogen (secondary N) is 2. The Morgan fingerprint density at radius 2 is 1.70 bits per heavy atom. The zero-order valence-electron chi connectivity index (χ0n) is 11.3. The minimum absolute atomic E-state index is 0. The molecule has 6 heteroatoms. The normalized spacial score (nSPS) is 9.00. The molecule has 0 aliphatic rings. The Morgan fingerprint density at radius 1 is 1.05 bits per heavy atom. The van der Waals surface area contributed by atoms with Crippen LogP contribution in [0, 0.1) is 12.3 Å². The summed E-state index contributed by atoms with van der Waals surface area (Å²) in [4.78, 5) is 0. The van der Waals surface area contributed by atoms with Gasteiger partial charge in [0.1, 0.15) is 12.4 Å². The topological polar surface area (TPSA) is 53.5 Å². The Labute approximate surface area is 133 Å². The Balaban J connectivity index is 0. The van der Waals surface area contributed by atoms with E-state index >= 15 is 0 Å². The van der Waals surface area contributed by atoms with Crippen LogP contribution in [0.2, 0.25) is 0 Å². The van der Waals surface area contributed by atoms with Crippen LogP contribution < -0.4 is 15.4 Å². The molecular weight excluding hydrogens is 299 g/mol. The molecule has 0 atom stereocenters. The highest BCUT2D eigenvalue weighted by molar-refractivity contribution is 5.85. The monoisotopic (exact) mass is 320 g/mol. The second-order valence-electron chi connectivity index (χ2n) is 3.79. The molecule has 1 rings (SSSR count). The van der Waals surface area contributed by atoms with E-state index in [-0.39, 0.29) is 31.4 Å². The number of hydrogen-bond acceptors (Lipinski definition) is 4. The minimum Gasteiger partial charge on any atom is -0.481 e. The number of ether oxygens (including phenoxy) is 1. The van der Waals surface area contributed by atoms with Crippen molar-refractivity contribution in [3.63, 3.8) is 0 Å². The number of aliphatic hydroxyl groups is 1. The predicted octanol–water partition coefficient (Wildman–Crippen LogP) is 1.21. The average Bonchev–Trinajstić information content (AvgIpc) is 2.42. The first-order chi connectivity index (χ1) is 8.86. The maximum atomic E-state index is 8.58. The molecule has 0 fully saturated rings. The molecule has 0 unspecified atom stereocenters. The van der Waals surface area contributed by atoms with Gasteiger partial charge >= 0.3 is 0 Å². The summed E-state index contributed by atoms with van der Waals surface area (Å²) in [6.07, 6.45) is 5.12. The van der Waals surface area contributed by atoms with E-state index in [1.54, 1.807) is 0 Å². The van der Waals surface area contributed by atoms with Gasteiger partial charge in [-0.1, -0.05) is 18.1 Å². The first kappa shape index (κ1) is 21.3. The lowest BCUT2D eigenvalue weighted by molar-refractivity contribution is 0.292. The van der Waals surface area contributed by atoms with Crippen LogP contribution in [0.25, 0.3) is 0 Å². The molecule has 0 bridgehead atoms. The van der Waals surface area contributed by atoms with Crippen molar-refractivity contribution in [2.45, 2.75) is 6.54 Å². The minimum atomic E-state index is 0. The third kappa shape index (κ3) is 9.90. The molecule has 0 saturated carbocycles. The molecule has 0 saturated heterocycles. The third-order valence-electron chi connectivity index (χ3n) is 2.34. The molecule has 1 aromatic carbocycles. The molecule has 0 aliphatic heterocycles. The van der Waals surface area contributed by atoms with Gasteiger partial charge in [-0.2, -0.15) is 0 Å².